The first kappa shape index (κ1) is 20.7. The third kappa shape index (κ3) is 4.26. The van der Waals surface area contributed by atoms with E-state index in [9.17, 15) is 5.11 Å². The Morgan fingerprint density at radius 2 is 1.15 bits per heavy atom. The quantitative estimate of drug-likeness (QED) is 0.320. The number of aliphatic hydroxyl groups excluding tert-OH is 1. The summed E-state index contributed by atoms with van der Waals surface area (Å²) in [7, 11) is 0. The minimum atomic E-state index is -0.992. The number of benzene rings is 4. The molecule has 33 heavy (non-hydrogen) atoms. The lowest BCUT2D eigenvalue weighted by molar-refractivity contribution is 0.289. The molecule has 5 aromatic rings. The molecule has 4 aromatic carbocycles. The van der Waals surface area contributed by atoms with Gasteiger partial charge in [-0.25, -0.2) is 0 Å². The normalized spacial score (nSPS) is 11.5. The maximum Gasteiger partial charge on any atom is 0.177 e. The molecule has 5 rings (SSSR count). The SMILES string of the molecule is Cc1ccc2c(c1)c1cc(C)ccc1n2-c1ccc(C#CC(O)C#Cc2ccccc2)cc1. The predicted molar refractivity (Wildman–Crippen MR) is 136 cm³/mol. The lowest BCUT2D eigenvalue weighted by Crippen LogP contribution is -1.98. The summed E-state index contributed by atoms with van der Waals surface area (Å²) in [4.78, 5) is 0. The molecule has 1 unspecified atom stereocenters. The molecule has 1 atom stereocenters. The summed E-state index contributed by atoms with van der Waals surface area (Å²) in [5, 5.41) is 12.6. The zero-order valence-corrected chi connectivity index (χ0v) is 18.6. The molecule has 0 saturated carbocycles. The van der Waals surface area contributed by atoms with Crippen LogP contribution in [0, 0.1) is 37.5 Å². The molecule has 0 aliphatic rings. The third-order valence-electron chi connectivity index (χ3n) is 5.68. The fraction of sp³-hybridized carbons (Fsp3) is 0.0968. The van der Waals surface area contributed by atoms with Crippen LogP contribution in [0.2, 0.25) is 0 Å². The monoisotopic (exact) mass is 425 g/mol. The predicted octanol–water partition coefficient (Wildman–Crippen LogP) is 6.16. The molecule has 1 aromatic heterocycles. The first-order chi connectivity index (χ1) is 16.1. The van der Waals surface area contributed by atoms with E-state index in [0.717, 1.165) is 16.8 Å². The fourth-order valence-electron chi connectivity index (χ4n) is 4.08. The Labute approximate surface area is 194 Å². The number of nitrogens with zero attached hydrogens (tertiary/aromatic N) is 1. The van der Waals surface area contributed by atoms with E-state index in [2.05, 4.69) is 90.6 Å². The lowest BCUT2D eigenvalue weighted by atomic mass is 10.1. The molecule has 2 nitrogen and oxygen atoms in total. The molecule has 0 aliphatic heterocycles. The van der Waals surface area contributed by atoms with Gasteiger partial charge < -0.3 is 9.67 Å². The second-order valence-electron chi connectivity index (χ2n) is 8.23. The molecule has 1 N–H and O–H groups in total. The zero-order valence-electron chi connectivity index (χ0n) is 18.6. The van der Waals surface area contributed by atoms with Crippen LogP contribution in [0.15, 0.2) is 91.0 Å². The number of aromatic nitrogens is 1. The van der Waals surface area contributed by atoms with Crippen molar-refractivity contribution in [1.29, 1.82) is 0 Å². The largest absolute Gasteiger partial charge is 0.369 e. The Kier molecular flexibility index (Phi) is 5.45. The lowest BCUT2D eigenvalue weighted by Gasteiger charge is -2.08. The second kappa shape index (κ2) is 8.71. The average molecular weight is 426 g/mol. The van der Waals surface area contributed by atoms with Gasteiger partial charge in [0.1, 0.15) is 0 Å². The number of aryl methyl sites for hydroxylation is 2. The number of rotatable bonds is 1. The number of aliphatic hydroxyl groups is 1. The molecule has 0 radical (unpaired) electrons. The molecule has 0 aliphatic carbocycles. The van der Waals surface area contributed by atoms with Gasteiger partial charge in [0.05, 0.1) is 11.0 Å². The summed E-state index contributed by atoms with van der Waals surface area (Å²) in [6.07, 6.45) is -0.992. The Morgan fingerprint density at radius 3 is 1.70 bits per heavy atom. The van der Waals surface area contributed by atoms with Gasteiger partial charge in [-0.05, 0) is 74.5 Å². The van der Waals surface area contributed by atoms with Crippen molar-refractivity contribution in [2.75, 3.05) is 0 Å². The van der Waals surface area contributed by atoms with Crippen LogP contribution in [0.25, 0.3) is 27.5 Å². The van der Waals surface area contributed by atoms with Crippen molar-refractivity contribution in [3.63, 3.8) is 0 Å². The van der Waals surface area contributed by atoms with Gasteiger partial charge >= 0.3 is 0 Å². The molecule has 0 bridgehead atoms. The number of hydrogen-bond donors (Lipinski definition) is 1. The van der Waals surface area contributed by atoms with Crippen molar-refractivity contribution >= 4 is 21.8 Å². The topological polar surface area (TPSA) is 25.2 Å². The fourth-order valence-corrected chi connectivity index (χ4v) is 4.08. The summed E-state index contributed by atoms with van der Waals surface area (Å²) >= 11 is 0. The minimum Gasteiger partial charge on any atom is -0.369 e. The van der Waals surface area contributed by atoms with E-state index in [0.29, 0.717) is 0 Å². The Morgan fingerprint density at radius 1 is 0.636 bits per heavy atom. The van der Waals surface area contributed by atoms with Crippen LogP contribution in [0.3, 0.4) is 0 Å². The standard InChI is InChI=1S/C31H23NO/c1-22-8-18-30-28(20-22)29-21-23(2)9-19-31(29)32(30)26-14-10-25(11-15-26)13-17-27(33)16-12-24-6-4-3-5-7-24/h3-11,14-15,18-21,27,33H,1-2H3. The highest BCUT2D eigenvalue weighted by atomic mass is 16.3. The van der Waals surface area contributed by atoms with Crippen LogP contribution in [-0.4, -0.2) is 15.8 Å². The first-order valence-corrected chi connectivity index (χ1v) is 11.0. The summed E-state index contributed by atoms with van der Waals surface area (Å²) in [6, 6.07) is 30.9. The highest BCUT2D eigenvalue weighted by Crippen LogP contribution is 2.33. The van der Waals surface area contributed by atoms with E-state index in [1.165, 1.54) is 32.9 Å². The zero-order chi connectivity index (χ0) is 22.8. The summed E-state index contributed by atoms with van der Waals surface area (Å²) in [5.41, 5.74) is 7.66. The summed E-state index contributed by atoms with van der Waals surface area (Å²) in [5.74, 6) is 11.6. The van der Waals surface area contributed by atoms with Gasteiger partial charge in [-0.3, -0.25) is 0 Å². The van der Waals surface area contributed by atoms with Gasteiger partial charge in [0.2, 0.25) is 0 Å². The van der Waals surface area contributed by atoms with Crippen LogP contribution in [-0.2, 0) is 0 Å². The van der Waals surface area contributed by atoms with Gasteiger partial charge in [-0.15, -0.1) is 0 Å². The Bertz CT molecular complexity index is 1520. The van der Waals surface area contributed by atoms with E-state index in [4.69, 9.17) is 0 Å². The van der Waals surface area contributed by atoms with E-state index in [-0.39, 0.29) is 0 Å². The van der Waals surface area contributed by atoms with Crippen molar-refractivity contribution in [3.8, 4) is 29.4 Å². The Balaban J connectivity index is 1.47. The molecule has 0 spiro atoms. The number of fused-ring (bicyclic) bond motifs is 3. The second-order valence-corrected chi connectivity index (χ2v) is 8.23. The van der Waals surface area contributed by atoms with E-state index in [1.807, 2.05) is 42.5 Å². The molecule has 1 heterocycles. The first-order valence-electron chi connectivity index (χ1n) is 11.0. The van der Waals surface area contributed by atoms with Crippen molar-refractivity contribution in [3.05, 3.63) is 113 Å². The van der Waals surface area contributed by atoms with E-state index in [1.54, 1.807) is 0 Å². The highest BCUT2D eigenvalue weighted by molar-refractivity contribution is 6.09. The molecule has 158 valence electrons. The molecule has 0 saturated heterocycles. The van der Waals surface area contributed by atoms with Gasteiger partial charge in [0.15, 0.2) is 6.10 Å². The van der Waals surface area contributed by atoms with Crippen LogP contribution >= 0.6 is 0 Å². The molecule has 2 heteroatoms. The molecular formula is C31H23NO. The number of hydrogen-bond acceptors (Lipinski definition) is 1. The Hall–Kier alpha value is -4.24. The van der Waals surface area contributed by atoms with Crippen molar-refractivity contribution in [1.82, 2.24) is 4.57 Å². The van der Waals surface area contributed by atoms with Crippen molar-refractivity contribution < 1.29 is 5.11 Å². The maximum atomic E-state index is 10.1. The minimum absolute atomic E-state index is 0.840. The molecule has 0 fully saturated rings. The van der Waals surface area contributed by atoms with Gasteiger partial charge in [-0.1, -0.05) is 65.1 Å². The van der Waals surface area contributed by atoms with Crippen LogP contribution in [0.4, 0.5) is 0 Å². The molecule has 0 amide bonds. The van der Waals surface area contributed by atoms with Gasteiger partial charge in [0.25, 0.3) is 0 Å². The van der Waals surface area contributed by atoms with Crippen LogP contribution < -0.4 is 0 Å². The van der Waals surface area contributed by atoms with E-state index < -0.39 is 6.10 Å². The summed E-state index contributed by atoms with van der Waals surface area (Å²) < 4.78 is 2.29. The van der Waals surface area contributed by atoms with Gasteiger partial charge in [-0.2, -0.15) is 0 Å². The maximum absolute atomic E-state index is 10.1. The van der Waals surface area contributed by atoms with E-state index >= 15 is 0 Å². The average Bonchev–Trinajstić information content (AvgIpc) is 3.15. The van der Waals surface area contributed by atoms with Crippen molar-refractivity contribution in [2.24, 2.45) is 0 Å². The smallest absolute Gasteiger partial charge is 0.177 e. The molecular weight excluding hydrogens is 402 g/mol. The van der Waals surface area contributed by atoms with Gasteiger partial charge in [0, 0.05) is 27.6 Å². The van der Waals surface area contributed by atoms with Crippen LogP contribution in [0.5, 0.6) is 0 Å². The van der Waals surface area contributed by atoms with Crippen LogP contribution in [0.1, 0.15) is 22.3 Å². The summed E-state index contributed by atoms with van der Waals surface area (Å²) in [6.45, 7) is 4.26. The highest BCUT2D eigenvalue weighted by Gasteiger charge is 2.12. The third-order valence-corrected chi connectivity index (χ3v) is 5.68. The van der Waals surface area contributed by atoms with Crippen molar-refractivity contribution in [2.45, 2.75) is 20.0 Å².